The Labute approximate surface area is 136 Å². The highest BCUT2D eigenvalue weighted by Crippen LogP contribution is 2.24. The molecule has 23 heavy (non-hydrogen) atoms. The van der Waals surface area contributed by atoms with Crippen LogP contribution in [0.25, 0.3) is 6.08 Å². The molecule has 4 nitrogen and oxygen atoms in total. The van der Waals surface area contributed by atoms with Crippen LogP contribution >= 0.6 is 0 Å². The topological polar surface area (TPSA) is 62.1 Å². The van der Waals surface area contributed by atoms with Crippen molar-refractivity contribution in [1.29, 1.82) is 5.26 Å². The SMILES string of the molecule is CCOc1ccccc1NC(=O)/C(C#N)=C/c1ccccc1C. The van der Waals surface area contributed by atoms with Gasteiger partial charge in [-0.05, 0) is 43.2 Å². The van der Waals surface area contributed by atoms with Crippen molar-refractivity contribution in [2.24, 2.45) is 0 Å². The summed E-state index contributed by atoms with van der Waals surface area (Å²) in [5.41, 5.74) is 2.44. The number of carbonyl (C=O) groups excluding carboxylic acids is 1. The van der Waals surface area contributed by atoms with Gasteiger partial charge < -0.3 is 10.1 Å². The Morgan fingerprint density at radius 3 is 2.61 bits per heavy atom. The van der Waals surface area contributed by atoms with Gasteiger partial charge in [-0.15, -0.1) is 0 Å². The van der Waals surface area contributed by atoms with Gasteiger partial charge in [0.1, 0.15) is 17.4 Å². The van der Waals surface area contributed by atoms with Crippen molar-refractivity contribution in [2.45, 2.75) is 13.8 Å². The fourth-order valence-electron chi connectivity index (χ4n) is 2.09. The number of hydrogen-bond acceptors (Lipinski definition) is 3. The first-order valence-corrected chi connectivity index (χ1v) is 7.36. The molecule has 0 aliphatic rings. The van der Waals surface area contributed by atoms with Crippen LogP contribution in [0, 0.1) is 18.3 Å². The van der Waals surface area contributed by atoms with Crippen molar-refractivity contribution in [3.63, 3.8) is 0 Å². The standard InChI is InChI=1S/C19H18N2O2/c1-3-23-18-11-7-6-10-17(18)21-19(22)16(13-20)12-15-9-5-4-8-14(15)2/h4-12H,3H2,1-2H3,(H,21,22)/b16-12+. The van der Waals surface area contributed by atoms with Gasteiger partial charge >= 0.3 is 0 Å². The average Bonchev–Trinajstić information content (AvgIpc) is 2.56. The Hall–Kier alpha value is -3.06. The lowest BCUT2D eigenvalue weighted by molar-refractivity contribution is -0.112. The normalized spacial score (nSPS) is 10.7. The lowest BCUT2D eigenvalue weighted by Gasteiger charge is -2.11. The number of hydrogen-bond donors (Lipinski definition) is 1. The van der Waals surface area contributed by atoms with E-state index in [-0.39, 0.29) is 5.57 Å². The van der Waals surface area contributed by atoms with E-state index in [0.29, 0.717) is 18.0 Å². The average molecular weight is 306 g/mol. The number of para-hydroxylation sites is 2. The molecular weight excluding hydrogens is 288 g/mol. The Bertz CT molecular complexity index is 773. The zero-order valence-corrected chi connectivity index (χ0v) is 13.2. The maximum atomic E-state index is 12.4. The minimum Gasteiger partial charge on any atom is -0.492 e. The van der Waals surface area contributed by atoms with E-state index >= 15 is 0 Å². The van der Waals surface area contributed by atoms with Crippen LogP contribution in [0.2, 0.25) is 0 Å². The molecule has 2 aromatic carbocycles. The second kappa shape index (κ2) is 7.81. The van der Waals surface area contributed by atoms with E-state index in [1.54, 1.807) is 24.3 Å². The van der Waals surface area contributed by atoms with Crippen LogP contribution in [-0.2, 0) is 4.79 Å². The number of benzene rings is 2. The molecule has 0 radical (unpaired) electrons. The molecule has 0 atom stereocenters. The molecular formula is C19H18N2O2. The summed E-state index contributed by atoms with van der Waals surface area (Å²) in [7, 11) is 0. The lowest BCUT2D eigenvalue weighted by atomic mass is 10.1. The molecule has 0 aromatic heterocycles. The number of carbonyl (C=O) groups is 1. The third-order valence-corrected chi connectivity index (χ3v) is 3.29. The second-order valence-corrected chi connectivity index (χ2v) is 4.91. The van der Waals surface area contributed by atoms with Gasteiger partial charge in [0.05, 0.1) is 12.3 Å². The number of rotatable bonds is 5. The van der Waals surface area contributed by atoms with Crippen molar-refractivity contribution in [3.8, 4) is 11.8 Å². The van der Waals surface area contributed by atoms with Crippen LogP contribution in [-0.4, -0.2) is 12.5 Å². The third kappa shape index (κ3) is 4.21. The van der Waals surface area contributed by atoms with Crippen molar-refractivity contribution in [1.82, 2.24) is 0 Å². The van der Waals surface area contributed by atoms with Crippen LogP contribution in [0.4, 0.5) is 5.69 Å². The van der Waals surface area contributed by atoms with Gasteiger partial charge in [-0.25, -0.2) is 0 Å². The molecule has 0 aliphatic heterocycles. The van der Waals surface area contributed by atoms with Gasteiger partial charge in [0, 0.05) is 0 Å². The van der Waals surface area contributed by atoms with Crippen molar-refractivity contribution in [3.05, 3.63) is 65.2 Å². The fourth-order valence-corrected chi connectivity index (χ4v) is 2.09. The molecule has 2 aromatic rings. The molecule has 0 fully saturated rings. The van der Waals surface area contributed by atoms with Gasteiger partial charge in [-0.1, -0.05) is 36.4 Å². The maximum Gasteiger partial charge on any atom is 0.266 e. The predicted molar refractivity (Wildman–Crippen MR) is 91.0 cm³/mol. The first-order chi connectivity index (χ1) is 11.2. The Kier molecular flexibility index (Phi) is 5.54. The zero-order valence-electron chi connectivity index (χ0n) is 13.2. The largest absolute Gasteiger partial charge is 0.492 e. The second-order valence-electron chi connectivity index (χ2n) is 4.91. The van der Waals surface area contributed by atoms with Crippen LogP contribution in [0.3, 0.4) is 0 Å². The highest BCUT2D eigenvalue weighted by atomic mass is 16.5. The van der Waals surface area contributed by atoms with Crippen LogP contribution in [0.15, 0.2) is 54.1 Å². The minimum atomic E-state index is -0.456. The van der Waals surface area contributed by atoms with E-state index in [2.05, 4.69) is 5.32 Å². The first kappa shape index (κ1) is 16.3. The van der Waals surface area contributed by atoms with Crippen LogP contribution in [0.1, 0.15) is 18.1 Å². The number of amides is 1. The van der Waals surface area contributed by atoms with E-state index in [4.69, 9.17) is 4.74 Å². The number of nitriles is 1. The van der Waals surface area contributed by atoms with E-state index in [0.717, 1.165) is 11.1 Å². The number of nitrogens with one attached hydrogen (secondary N) is 1. The monoisotopic (exact) mass is 306 g/mol. The molecule has 4 heteroatoms. The first-order valence-electron chi connectivity index (χ1n) is 7.36. The predicted octanol–water partition coefficient (Wildman–Crippen LogP) is 3.94. The van der Waals surface area contributed by atoms with Gasteiger partial charge in [-0.2, -0.15) is 5.26 Å². The number of aryl methyl sites for hydroxylation is 1. The Morgan fingerprint density at radius 2 is 1.91 bits per heavy atom. The van der Waals surface area contributed by atoms with Crippen molar-refractivity contribution in [2.75, 3.05) is 11.9 Å². The van der Waals surface area contributed by atoms with Gasteiger partial charge in [0.2, 0.25) is 0 Å². The van der Waals surface area contributed by atoms with Crippen molar-refractivity contribution >= 4 is 17.7 Å². The van der Waals surface area contributed by atoms with Crippen LogP contribution in [0.5, 0.6) is 5.75 Å². The summed E-state index contributed by atoms with van der Waals surface area (Å²) in [6.07, 6.45) is 1.59. The van der Waals surface area contributed by atoms with E-state index in [1.807, 2.05) is 50.2 Å². The lowest BCUT2D eigenvalue weighted by Crippen LogP contribution is -2.14. The molecule has 0 spiro atoms. The molecule has 0 saturated carbocycles. The quantitative estimate of drug-likeness (QED) is 0.672. The molecule has 0 heterocycles. The summed E-state index contributed by atoms with van der Waals surface area (Å²) < 4.78 is 5.47. The van der Waals surface area contributed by atoms with Crippen molar-refractivity contribution < 1.29 is 9.53 Å². The molecule has 0 unspecified atom stereocenters. The Balaban J connectivity index is 2.25. The summed E-state index contributed by atoms with van der Waals surface area (Å²) >= 11 is 0. The minimum absolute atomic E-state index is 0.0469. The van der Waals surface area contributed by atoms with Gasteiger partial charge in [0.15, 0.2) is 0 Å². The van der Waals surface area contributed by atoms with E-state index in [1.165, 1.54) is 0 Å². The maximum absolute atomic E-state index is 12.4. The number of anilines is 1. The van der Waals surface area contributed by atoms with Crippen LogP contribution < -0.4 is 10.1 Å². The molecule has 116 valence electrons. The molecule has 1 amide bonds. The summed E-state index contributed by atoms with van der Waals surface area (Å²) in [6.45, 7) is 4.30. The van der Waals surface area contributed by atoms with Gasteiger partial charge in [0.25, 0.3) is 5.91 Å². The summed E-state index contributed by atoms with van der Waals surface area (Å²) in [5.74, 6) is 0.124. The molecule has 0 bridgehead atoms. The number of nitrogens with zero attached hydrogens (tertiary/aromatic N) is 1. The summed E-state index contributed by atoms with van der Waals surface area (Å²) in [5, 5.41) is 12.0. The molecule has 2 rings (SSSR count). The fraction of sp³-hybridized carbons (Fsp3) is 0.158. The van der Waals surface area contributed by atoms with E-state index < -0.39 is 5.91 Å². The smallest absolute Gasteiger partial charge is 0.266 e. The highest BCUT2D eigenvalue weighted by Gasteiger charge is 2.12. The molecule has 0 saturated heterocycles. The summed E-state index contributed by atoms with van der Waals surface area (Å²) in [4.78, 5) is 12.4. The highest BCUT2D eigenvalue weighted by molar-refractivity contribution is 6.10. The molecule has 1 N–H and O–H groups in total. The molecule has 0 aliphatic carbocycles. The number of ether oxygens (including phenoxy) is 1. The zero-order chi connectivity index (χ0) is 16.7. The van der Waals surface area contributed by atoms with Gasteiger partial charge in [-0.3, -0.25) is 4.79 Å². The summed E-state index contributed by atoms with van der Waals surface area (Å²) in [6, 6.07) is 16.7. The van der Waals surface area contributed by atoms with E-state index in [9.17, 15) is 10.1 Å². The third-order valence-electron chi connectivity index (χ3n) is 3.29. The Morgan fingerprint density at radius 1 is 1.22 bits per heavy atom.